The van der Waals surface area contributed by atoms with Crippen molar-refractivity contribution in [2.24, 2.45) is 0 Å². The predicted molar refractivity (Wildman–Crippen MR) is 82.7 cm³/mol. The fourth-order valence-electron chi connectivity index (χ4n) is 2.85. The summed E-state index contributed by atoms with van der Waals surface area (Å²) in [5.74, 6) is -0.884. The summed E-state index contributed by atoms with van der Waals surface area (Å²) in [5.41, 5.74) is -0.0789. The molecule has 1 heterocycles. The molecule has 2 rings (SSSR count). The number of benzene rings is 1. The van der Waals surface area contributed by atoms with Crippen LogP contribution >= 0.6 is 0 Å². The van der Waals surface area contributed by atoms with E-state index in [9.17, 15) is 14.7 Å². The first kappa shape index (κ1) is 16.5. The monoisotopic (exact) mass is 305 g/mol. The van der Waals surface area contributed by atoms with Crippen molar-refractivity contribution in [1.29, 1.82) is 0 Å². The molecule has 0 spiro atoms. The number of likely N-dealkylation sites (tertiary alicyclic amines) is 1. The van der Waals surface area contributed by atoms with Crippen LogP contribution in [-0.4, -0.2) is 47.7 Å². The van der Waals surface area contributed by atoms with Crippen LogP contribution < -0.4 is 0 Å². The van der Waals surface area contributed by atoms with Crippen molar-refractivity contribution in [1.82, 2.24) is 4.90 Å². The van der Waals surface area contributed by atoms with E-state index in [1.807, 2.05) is 44.2 Å². The van der Waals surface area contributed by atoms with Crippen molar-refractivity contribution in [3.05, 3.63) is 35.9 Å². The summed E-state index contributed by atoms with van der Waals surface area (Å²) in [6.07, 6.45) is 0.871. The predicted octanol–water partition coefficient (Wildman–Crippen LogP) is 2.06. The number of carbonyl (C=O) groups is 2. The Hall–Kier alpha value is -1.88. The molecule has 22 heavy (non-hydrogen) atoms. The lowest BCUT2D eigenvalue weighted by Crippen LogP contribution is -2.49. The highest BCUT2D eigenvalue weighted by Gasteiger charge is 2.43. The number of rotatable bonds is 5. The van der Waals surface area contributed by atoms with Gasteiger partial charge in [0, 0.05) is 13.1 Å². The largest absolute Gasteiger partial charge is 0.481 e. The molecule has 0 unspecified atom stereocenters. The minimum absolute atomic E-state index is 0.0103. The molecule has 0 atom stereocenters. The van der Waals surface area contributed by atoms with E-state index >= 15 is 0 Å². The van der Waals surface area contributed by atoms with Crippen molar-refractivity contribution in [3.63, 3.8) is 0 Å². The van der Waals surface area contributed by atoms with Crippen LogP contribution in [0.25, 0.3) is 0 Å². The van der Waals surface area contributed by atoms with Gasteiger partial charge in [0.1, 0.15) is 6.61 Å². The van der Waals surface area contributed by atoms with Crippen LogP contribution in [0.1, 0.15) is 32.3 Å². The zero-order valence-electron chi connectivity index (χ0n) is 13.1. The van der Waals surface area contributed by atoms with E-state index in [0.717, 1.165) is 5.56 Å². The lowest BCUT2D eigenvalue weighted by molar-refractivity contribution is -0.149. The van der Waals surface area contributed by atoms with Crippen LogP contribution in [0.3, 0.4) is 0 Å². The van der Waals surface area contributed by atoms with Crippen molar-refractivity contribution in [3.8, 4) is 0 Å². The summed E-state index contributed by atoms with van der Waals surface area (Å²) in [6, 6.07) is 9.30. The number of amides is 1. The van der Waals surface area contributed by atoms with E-state index in [1.54, 1.807) is 4.90 Å². The van der Waals surface area contributed by atoms with Crippen molar-refractivity contribution in [2.75, 3.05) is 19.7 Å². The molecule has 1 saturated heterocycles. The third-order valence-electron chi connectivity index (χ3n) is 4.25. The third kappa shape index (κ3) is 3.47. The third-order valence-corrected chi connectivity index (χ3v) is 4.25. The molecular formula is C17H23NO4. The van der Waals surface area contributed by atoms with Gasteiger partial charge in [0.05, 0.1) is 11.5 Å². The van der Waals surface area contributed by atoms with Gasteiger partial charge in [-0.25, -0.2) is 0 Å². The molecule has 1 aromatic rings. The number of aliphatic carboxylic acids is 1. The second-order valence-electron chi connectivity index (χ2n) is 5.99. The smallest absolute Gasteiger partial charge is 0.314 e. The first-order valence-electron chi connectivity index (χ1n) is 7.64. The molecule has 120 valence electrons. The Morgan fingerprint density at radius 1 is 1.23 bits per heavy atom. The lowest BCUT2D eigenvalue weighted by Gasteiger charge is -2.39. The Kier molecular flexibility index (Phi) is 5.19. The van der Waals surface area contributed by atoms with Crippen molar-refractivity contribution >= 4 is 11.9 Å². The summed E-state index contributed by atoms with van der Waals surface area (Å²) >= 11 is 0. The lowest BCUT2D eigenvalue weighted by atomic mass is 9.73. The van der Waals surface area contributed by atoms with E-state index < -0.39 is 11.4 Å². The van der Waals surface area contributed by atoms with Gasteiger partial charge in [-0.2, -0.15) is 0 Å². The van der Waals surface area contributed by atoms with Gasteiger partial charge < -0.3 is 14.7 Å². The van der Waals surface area contributed by atoms with E-state index in [2.05, 4.69) is 0 Å². The number of hydrogen-bond donors (Lipinski definition) is 1. The van der Waals surface area contributed by atoms with Gasteiger partial charge in [-0.15, -0.1) is 0 Å². The Morgan fingerprint density at radius 3 is 2.32 bits per heavy atom. The summed E-state index contributed by atoms with van der Waals surface area (Å²) in [4.78, 5) is 25.6. The quantitative estimate of drug-likeness (QED) is 0.904. The van der Waals surface area contributed by atoms with Gasteiger partial charge in [0.2, 0.25) is 5.91 Å². The van der Waals surface area contributed by atoms with Gasteiger partial charge >= 0.3 is 5.97 Å². The molecule has 1 aromatic carbocycles. The van der Waals surface area contributed by atoms with Gasteiger partial charge in [0.25, 0.3) is 0 Å². The summed E-state index contributed by atoms with van der Waals surface area (Å²) in [5, 5.41) is 9.72. The molecule has 0 aliphatic carbocycles. The van der Waals surface area contributed by atoms with E-state index in [-0.39, 0.29) is 18.6 Å². The molecule has 1 aliphatic heterocycles. The van der Waals surface area contributed by atoms with Gasteiger partial charge in [0.15, 0.2) is 0 Å². The van der Waals surface area contributed by atoms with E-state index in [0.29, 0.717) is 25.9 Å². The topological polar surface area (TPSA) is 66.8 Å². The molecule has 0 saturated carbocycles. The SMILES string of the molecule is CC(C)OCC(=O)N1CCC(C(=O)O)(c2ccccc2)CC1. The fraction of sp³-hybridized carbons (Fsp3) is 0.529. The molecule has 1 fully saturated rings. The highest BCUT2D eigenvalue weighted by atomic mass is 16.5. The number of ether oxygens (including phenoxy) is 1. The normalized spacial score (nSPS) is 17.5. The highest BCUT2D eigenvalue weighted by Crippen LogP contribution is 2.35. The summed E-state index contributed by atoms with van der Waals surface area (Å²) in [7, 11) is 0. The summed E-state index contributed by atoms with van der Waals surface area (Å²) in [6.45, 7) is 4.72. The first-order chi connectivity index (χ1) is 10.5. The van der Waals surface area contributed by atoms with Crippen LogP contribution in [-0.2, 0) is 19.7 Å². The fourth-order valence-corrected chi connectivity index (χ4v) is 2.85. The molecule has 5 heteroatoms. The first-order valence-corrected chi connectivity index (χ1v) is 7.64. The standard InChI is InChI=1S/C17H23NO4/c1-13(2)22-12-15(19)18-10-8-17(9-11-18,16(20)21)14-6-4-3-5-7-14/h3-7,13H,8-12H2,1-2H3,(H,20,21). The van der Waals surface area contributed by atoms with Crippen molar-refractivity contribution in [2.45, 2.75) is 38.2 Å². The summed E-state index contributed by atoms with van der Waals surface area (Å²) < 4.78 is 5.33. The maximum absolute atomic E-state index is 12.1. The van der Waals surface area contributed by atoms with E-state index in [1.165, 1.54) is 0 Å². The van der Waals surface area contributed by atoms with Crippen LogP contribution in [0.5, 0.6) is 0 Å². The maximum atomic E-state index is 12.1. The number of nitrogens with zero attached hydrogens (tertiary/aromatic N) is 1. The minimum Gasteiger partial charge on any atom is -0.481 e. The molecule has 1 aliphatic rings. The Labute approximate surface area is 130 Å². The number of carbonyl (C=O) groups excluding carboxylic acids is 1. The van der Waals surface area contributed by atoms with Crippen LogP contribution in [0.4, 0.5) is 0 Å². The number of carboxylic acid groups (broad SMARTS) is 1. The number of carboxylic acids is 1. The number of hydrogen-bond acceptors (Lipinski definition) is 3. The van der Waals surface area contributed by atoms with Crippen LogP contribution in [0, 0.1) is 0 Å². The average molecular weight is 305 g/mol. The van der Waals surface area contributed by atoms with Crippen LogP contribution in [0.15, 0.2) is 30.3 Å². The molecule has 5 nitrogen and oxygen atoms in total. The molecule has 0 bridgehead atoms. The molecule has 1 N–H and O–H groups in total. The Morgan fingerprint density at radius 2 is 1.82 bits per heavy atom. The minimum atomic E-state index is -0.892. The zero-order valence-corrected chi connectivity index (χ0v) is 13.1. The molecule has 0 aromatic heterocycles. The average Bonchev–Trinajstić information content (AvgIpc) is 2.53. The molecule has 1 amide bonds. The Balaban J connectivity index is 2.05. The maximum Gasteiger partial charge on any atom is 0.314 e. The van der Waals surface area contributed by atoms with Gasteiger partial charge in [-0.3, -0.25) is 9.59 Å². The second-order valence-corrected chi connectivity index (χ2v) is 5.99. The number of piperidine rings is 1. The van der Waals surface area contributed by atoms with Gasteiger partial charge in [-0.1, -0.05) is 30.3 Å². The molecule has 0 radical (unpaired) electrons. The highest BCUT2D eigenvalue weighted by molar-refractivity contribution is 5.83. The second kappa shape index (κ2) is 6.92. The Bertz CT molecular complexity index is 519. The van der Waals surface area contributed by atoms with Crippen LogP contribution in [0.2, 0.25) is 0 Å². The zero-order chi connectivity index (χ0) is 16.2. The van der Waals surface area contributed by atoms with Gasteiger partial charge in [-0.05, 0) is 32.3 Å². The van der Waals surface area contributed by atoms with E-state index in [4.69, 9.17) is 4.74 Å². The molecular weight excluding hydrogens is 282 g/mol. The van der Waals surface area contributed by atoms with Crippen molar-refractivity contribution < 1.29 is 19.4 Å².